The maximum atomic E-state index is 8.54. The van der Waals surface area contributed by atoms with Crippen molar-refractivity contribution in [2.45, 2.75) is 0 Å². The molecule has 0 aliphatic carbocycles. The summed E-state index contributed by atoms with van der Waals surface area (Å²) in [5.74, 6) is 0. The van der Waals surface area contributed by atoms with E-state index in [-0.39, 0.29) is 8.41 Å². The van der Waals surface area contributed by atoms with Gasteiger partial charge < -0.3 is 0 Å². The van der Waals surface area contributed by atoms with Crippen LogP contribution in [0, 0.1) is 0 Å². The van der Waals surface area contributed by atoms with Gasteiger partial charge in [0, 0.05) is 8.41 Å². The normalized spacial score (nSPS) is 2.00. The van der Waals surface area contributed by atoms with E-state index in [0.717, 1.165) is 0 Å². The Kier molecular flexibility index (Phi) is 21.6. The Balaban J connectivity index is 0. The molecule has 0 heterocycles. The summed E-state index contributed by atoms with van der Waals surface area (Å²) < 4.78 is 17.1. The van der Waals surface area contributed by atoms with E-state index in [0.29, 0.717) is 0 Å². The Morgan fingerprint density at radius 2 is 1.25 bits per heavy atom. The molecule has 0 bridgehead atoms. The van der Waals surface area contributed by atoms with Gasteiger partial charge in [-0.25, -0.2) is 0 Å². The predicted molar refractivity (Wildman–Crippen MR) is 12.9 cm³/mol. The van der Waals surface area contributed by atoms with Gasteiger partial charge in [0.05, 0.1) is 0 Å². The second-order valence-electron chi connectivity index (χ2n) is 0.0833. The van der Waals surface area contributed by atoms with Gasteiger partial charge in [0.25, 0.3) is 0 Å². The van der Waals surface area contributed by atoms with Crippen molar-refractivity contribution in [3.63, 3.8) is 0 Å². The molecule has 0 aromatic carbocycles. The van der Waals surface area contributed by atoms with Crippen LogP contribution in [0.2, 0.25) is 0 Å². The molecule has 0 saturated heterocycles. The van der Waals surface area contributed by atoms with E-state index in [4.69, 9.17) is 6.15 Å². The standard InChI is InChI=1S/B.2O.Sn. The zero-order valence-electron chi connectivity index (χ0n) is 1.89. The molecule has 19 valence electrons. The summed E-state index contributed by atoms with van der Waals surface area (Å²) >= 11 is -2.27. The molecular weight excluding hydrogens is 162 g/mol. The van der Waals surface area contributed by atoms with Crippen molar-refractivity contribution in [2.24, 2.45) is 0 Å². The molecule has 0 fully saturated rings. The van der Waals surface area contributed by atoms with Gasteiger partial charge in [-0.3, -0.25) is 0 Å². The fourth-order valence-corrected chi connectivity index (χ4v) is 0. The first kappa shape index (κ1) is 8.82. The van der Waals surface area contributed by atoms with Crippen LogP contribution < -0.4 is 0 Å². The molecule has 0 N–H and O–H groups in total. The molecule has 0 unspecified atom stereocenters. The van der Waals surface area contributed by atoms with E-state index in [1.54, 1.807) is 0 Å². The quantitative estimate of drug-likeness (QED) is 0.427. The summed E-state index contributed by atoms with van der Waals surface area (Å²) in [6.45, 7) is 0. The van der Waals surface area contributed by atoms with Gasteiger partial charge in [-0.15, -0.1) is 0 Å². The van der Waals surface area contributed by atoms with E-state index in [1.165, 1.54) is 0 Å². The van der Waals surface area contributed by atoms with Crippen molar-refractivity contribution in [1.82, 2.24) is 0 Å². The third-order valence-electron chi connectivity index (χ3n) is 0. The molecule has 0 saturated carbocycles. The molecule has 0 amide bonds. The van der Waals surface area contributed by atoms with Gasteiger partial charge in [0.1, 0.15) is 0 Å². The molecule has 0 rings (SSSR count). The van der Waals surface area contributed by atoms with Crippen molar-refractivity contribution in [3.05, 3.63) is 0 Å². The van der Waals surface area contributed by atoms with Gasteiger partial charge in [-0.1, -0.05) is 0 Å². The number of rotatable bonds is 0. The van der Waals surface area contributed by atoms with Crippen LogP contribution >= 0.6 is 0 Å². The molecule has 3 radical (unpaired) electrons. The molecule has 4 heteroatoms. The predicted octanol–water partition coefficient (Wildman–Crippen LogP) is -0.999. The SMILES string of the molecule is [B].[O]=[Sn]=[O]. The fourth-order valence-electron chi connectivity index (χ4n) is 0. The molecule has 0 aliphatic rings. The zero-order chi connectivity index (χ0) is 2.71. The molecule has 0 aromatic rings. The Morgan fingerprint density at radius 3 is 1.25 bits per heavy atom. The van der Waals surface area contributed by atoms with Crippen LogP contribution in [0.15, 0.2) is 0 Å². The third kappa shape index (κ3) is 24.6. The van der Waals surface area contributed by atoms with Crippen molar-refractivity contribution in [1.29, 1.82) is 0 Å². The van der Waals surface area contributed by atoms with Crippen molar-refractivity contribution < 1.29 is 6.15 Å². The van der Waals surface area contributed by atoms with Crippen LogP contribution in [0.25, 0.3) is 0 Å². The van der Waals surface area contributed by atoms with Gasteiger partial charge in [0.15, 0.2) is 0 Å². The van der Waals surface area contributed by atoms with Gasteiger partial charge in [-0.05, 0) is 0 Å². The maximum absolute atomic E-state index is 8.54. The molecule has 0 aromatic heterocycles. The van der Waals surface area contributed by atoms with E-state index in [1.807, 2.05) is 0 Å². The Bertz CT molecular complexity index is 27.0. The molecule has 0 spiro atoms. The summed E-state index contributed by atoms with van der Waals surface area (Å²) in [7, 11) is 0. The average Bonchev–Trinajstić information content (AvgIpc) is 0.918. The Labute approximate surface area is 36.1 Å². The van der Waals surface area contributed by atoms with Crippen molar-refractivity contribution in [3.8, 4) is 0 Å². The number of hydrogen-bond donors (Lipinski definition) is 0. The van der Waals surface area contributed by atoms with E-state index >= 15 is 0 Å². The average molecular weight is 162 g/mol. The molecule has 4 heavy (non-hydrogen) atoms. The van der Waals surface area contributed by atoms with Gasteiger partial charge in [-0.2, -0.15) is 0 Å². The van der Waals surface area contributed by atoms with E-state index in [9.17, 15) is 0 Å². The van der Waals surface area contributed by atoms with Crippen LogP contribution in [-0.2, 0) is 6.15 Å². The summed E-state index contributed by atoms with van der Waals surface area (Å²) in [4.78, 5) is 0. The van der Waals surface area contributed by atoms with Crippen LogP contribution in [0.1, 0.15) is 0 Å². The van der Waals surface area contributed by atoms with E-state index < -0.39 is 21.1 Å². The van der Waals surface area contributed by atoms with E-state index in [2.05, 4.69) is 0 Å². The van der Waals surface area contributed by atoms with Crippen molar-refractivity contribution in [2.75, 3.05) is 0 Å². The number of hydrogen-bond acceptors (Lipinski definition) is 2. The van der Waals surface area contributed by atoms with Gasteiger partial charge in [0.2, 0.25) is 0 Å². The topological polar surface area (TPSA) is 34.1 Å². The summed E-state index contributed by atoms with van der Waals surface area (Å²) in [5, 5.41) is 0. The van der Waals surface area contributed by atoms with Gasteiger partial charge >= 0.3 is 27.3 Å². The van der Waals surface area contributed by atoms with Crippen molar-refractivity contribution >= 4 is 29.5 Å². The van der Waals surface area contributed by atoms with Crippen LogP contribution in [0.4, 0.5) is 0 Å². The Hall–Kier alpha value is 0.464. The summed E-state index contributed by atoms with van der Waals surface area (Å²) in [6, 6.07) is 0. The minimum absolute atomic E-state index is 0. The van der Waals surface area contributed by atoms with Crippen LogP contribution in [0.3, 0.4) is 0 Å². The first-order chi connectivity index (χ1) is 1.41. The second kappa shape index (κ2) is 9.81. The third-order valence-corrected chi connectivity index (χ3v) is 0. The first-order valence-electron chi connectivity index (χ1n) is 0.408. The first-order valence-corrected chi connectivity index (χ1v) is 2.74. The molecule has 0 aliphatic heterocycles. The van der Waals surface area contributed by atoms with Crippen LogP contribution in [-0.4, -0.2) is 29.5 Å². The molecular formula is BO2Sn. The second-order valence-corrected chi connectivity index (χ2v) is 0.559. The molecule has 2 nitrogen and oxygen atoms in total. The summed E-state index contributed by atoms with van der Waals surface area (Å²) in [5.41, 5.74) is 0. The summed E-state index contributed by atoms with van der Waals surface area (Å²) in [6.07, 6.45) is 0. The minimum atomic E-state index is -2.27. The molecule has 0 atom stereocenters. The monoisotopic (exact) mass is 163 g/mol. The Morgan fingerprint density at radius 1 is 1.25 bits per heavy atom. The fraction of sp³-hybridized carbons (Fsp3) is 0. The zero-order valence-corrected chi connectivity index (χ0v) is 4.75. The van der Waals surface area contributed by atoms with Crippen LogP contribution in [0.5, 0.6) is 0 Å².